The monoisotopic (exact) mass is 533 g/mol. The van der Waals surface area contributed by atoms with Gasteiger partial charge in [0.2, 0.25) is 5.91 Å². The number of amidine groups is 1. The molecule has 0 bridgehead atoms. The van der Waals surface area contributed by atoms with Crippen molar-refractivity contribution in [1.82, 2.24) is 10.2 Å². The van der Waals surface area contributed by atoms with Crippen molar-refractivity contribution >= 4 is 28.8 Å². The van der Waals surface area contributed by atoms with Crippen LogP contribution in [0.25, 0.3) is 0 Å². The summed E-state index contributed by atoms with van der Waals surface area (Å²) in [5.41, 5.74) is 2.75. The van der Waals surface area contributed by atoms with Gasteiger partial charge in [-0.05, 0) is 54.5 Å². The van der Waals surface area contributed by atoms with Crippen LogP contribution >= 0.6 is 11.8 Å². The Bertz CT molecular complexity index is 1280. The Labute approximate surface area is 226 Å². The van der Waals surface area contributed by atoms with Gasteiger partial charge in [-0.15, -0.1) is 0 Å². The van der Waals surface area contributed by atoms with Crippen molar-refractivity contribution in [3.8, 4) is 11.5 Å². The number of hydrogen-bond donors (Lipinski definition) is 1. The molecule has 0 unspecified atom stereocenters. The number of nitrogens with zero attached hydrogens (tertiary/aromatic N) is 2. The number of carbonyl (C=O) groups is 2. The maximum atomic E-state index is 13.1. The number of hydrogen-bond acceptors (Lipinski definition) is 8. The number of allylic oxidation sites excluding steroid dienone is 1. The molecule has 1 N–H and O–H groups in total. The molecule has 0 aliphatic carbocycles. The van der Waals surface area contributed by atoms with Crippen molar-refractivity contribution in [3.63, 3.8) is 0 Å². The van der Waals surface area contributed by atoms with Crippen LogP contribution in [-0.2, 0) is 19.1 Å². The zero-order valence-electron chi connectivity index (χ0n) is 21.5. The number of rotatable bonds is 9. The van der Waals surface area contributed by atoms with Crippen LogP contribution in [0.5, 0.6) is 11.5 Å². The largest absolute Gasteiger partial charge is 0.466 e. The molecule has 198 valence electrons. The van der Waals surface area contributed by atoms with Crippen LogP contribution in [0.15, 0.2) is 82.0 Å². The predicted octanol–water partition coefficient (Wildman–Crippen LogP) is 5.30. The minimum atomic E-state index is -0.517. The molecule has 0 radical (unpaired) electrons. The van der Waals surface area contributed by atoms with E-state index < -0.39 is 12.0 Å². The molecule has 9 heteroatoms. The van der Waals surface area contributed by atoms with E-state index in [1.54, 1.807) is 0 Å². The first-order valence-electron chi connectivity index (χ1n) is 12.8. The van der Waals surface area contributed by atoms with Gasteiger partial charge >= 0.3 is 5.97 Å². The second-order valence-corrected chi connectivity index (χ2v) is 10.0. The molecule has 3 aliphatic rings. The quantitative estimate of drug-likeness (QED) is 0.438. The average molecular weight is 534 g/mol. The first-order chi connectivity index (χ1) is 18.6. The number of esters is 1. The van der Waals surface area contributed by atoms with Crippen LogP contribution in [0.1, 0.15) is 44.2 Å². The van der Waals surface area contributed by atoms with E-state index in [9.17, 15) is 9.59 Å². The second kappa shape index (κ2) is 11.9. The van der Waals surface area contributed by atoms with Gasteiger partial charge in [0.25, 0.3) is 0 Å². The number of methoxy groups -OCH3 is 1. The molecule has 3 aliphatic heterocycles. The topological polar surface area (TPSA) is 89.5 Å². The molecule has 1 amide bonds. The summed E-state index contributed by atoms with van der Waals surface area (Å²) < 4.78 is 16.9. The standard InChI is InChI=1S/C29H31N3O5S/c1-3-24-26(28(34)35-2)27(19-9-7-12-22(15-19)37-21-10-5-4-6-11-21)32-20(18-38-29(32)31-24)16-25(33)30-17-23-13-8-14-36-23/h4-7,9-12,15,18,23,27H,3,8,13-14,16-17H2,1-2H3,(H,30,33)/t23-,27+/m1/s1. The number of amides is 1. The Morgan fingerprint density at radius 3 is 2.71 bits per heavy atom. The van der Waals surface area contributed by atoms with Crippen LogP contribution in [0, 0.1) is 0 Å². The summed E-state index contributed by atoms with van der Waals surface area (Å²) in [6.07, 6.45) is 2.77. The summed E-state index contributed by atoms with van der Waals surface area (Å²) >= 11 is 1.46. The first kappa shape index (κ1) is 26.1. The molecular formula is C29H31N3O5S. The molecule has 8 nitrogen and oxygen atoms in total. The Morgan fingerprint density at radius 2 is 1.97 bits per heavy atom. The third-order valence-electron chi connectivity index (χ3n) is 6.67. The Hall–Kier alpha value is -3.56. The Kier molecular flexibility index (Phi) is 8.14. The molecule has 2 atom stereocenters. The van der Waals surface area contributed by atoms with Crippen LogP contribution < -0.4 is 10.1 Å². The lowest BCUT2D eigenvalue weighted by Gasteiger charge is -2.36. The number of carbonyl (C=O) groups excluding carboxylic acids is 2. The molecular weight excluding hydrogens is 502 g/mol. The van der Waals surface area contributed by atoms with E-state index in [0.717, 1.165) is 35.9 Å². The van der Waals surface area contributed by atoms with E-state index in [0.29, 0.717) is 35.7 Å². The lowest BCUT2D eigenvalue weighted by atomic mass is 9.92. The van der Waals surface area contributed by atoms with Gasteiger partial charge in [-0.3, -0.25) is 4.79 Å². The van der Waals surface area contributed by atoms with E-state index in [1.807, 2.05) is 71.8 Å². The fourth-order valence-electron chi connectivity index (χ4n) is 4.86. The summed E-state index contributed by atoms with van der Waals surface area (Å²) in [6.45, 7) is 3.21. The van der Waals surface area contributed by atoms with Gasteiger partial charge in [0, 0.05) is 18.8 Å². The third kappa shape index (κ3) is 5.63. The smallest absolute Gasteiger partial charge is 0.338 e. The summed E-state index contributed by atoms with van der Waals surface area (Å²) in [5.74, 6) is 0.821. The molecule has 0 saturated carbocycles. The number of para-hydroxylation sites is 1. The Balaban J connectivity index is 1.45. The normalized spacial score (nSPS) is 20.5. The van der Waals surface area contributed by atoms with Gasteiger partial charge in [0.05, 0.1) is 36.9 Å². The van der Waals surface area contributed by atoms with Crippen LogP contribution in [0.2, 0.25) is 0 Å². The van der Waals surface area contributed by atoms with Crippen molar-refractivity contribution in [3.05, 3.63) is 82.5 Å². The maximum absolute atomic E-state index is 13.1. The van der Waals surface area contributed by atoms with E-state index in [4.69, 9.17) is 19.2 Å². The number of aliphatic imine (C=N–C) groups is 1. The summed E-state index contributed by atoms with van der Waals surface area (Å²) in [4.78, 5) is 32.8. The highest BCUT2D eigenvalue weighted by Crippen LogP contribution is 2.46. The molecule has 0 aromatic heterocycles. The number of nitrogens with one attached hydrogen (secondary N) is 1. The highest BCUT2D eigenvalue weighted by molar-refractivity contribution is 8.16. The van der Waals surface area contributed by atoms with Gasteiger partial charge in [0.1, 0.15) is 11.5 Å². The third-order valence-corrected chi connectivity index (χ3v) is 7.56. The summed E-state index contributed by atoms with van der Waals surface area (Å²) in [7, 11) is 1.38. The number of thioether (sulfide) groups is 1. The zero-order chi connectivity index (χ0) is 26.5. The average Bonchev–Trinajstić information content (AvgIpc) is 3.61. The minimum absolute atomic E-state index is 0.0686. The van der Waals surface area contributed by atoms with Gasteiger partial charge in [-0.25, -0.2) is 9.79 Å². The highest BCUT2D eigenvalue weighted by Gasteiger charge is 2.41. The second-order valence-electron chi connectivity index (χ2n) is 9.20. The van der Waals surface area contributed by atoms with Gasteiger partial charge in [-0.1, -0.05) is 49.0 Å². The van der Waals surface area contributed by atoms with E-state index in [2.05, 4.69) is 5.32 Å². The number of benzene rings is 2. The van der Waals surface area contributed by atoms with Gasteiger partial charge < -0.3 is 24.4 Å². The van der Waals surface area contributed by atoms with Gasteiger partial charge in [0.15, 0.2) is 5.17 Å². The Morgan fingerprint density at radius 1 is 1.16 bits per heavy atom. The van der Waals surface area contributed by atoms with Crippen molar-refractivity contribution in [2.75, 3.05) is 20.3 Å². The van der Waals surface area contributed by atoms with E-state index in [-0.39, 0.29) is 18.4 Å². The van der Waals surface area contributed by atoms with Crippen molar-refractivity contribution in [1.29, 1.82) is 0 Å². The number of fused-ring (bicyclic) bond motifs is 1. The molecule has 3 heterocycles. The minimum Gasteiger partial charge on any atom is -0.466 e. The zero-order valence-corrected chi connectivity index (χ0v) is 22.3. The molecule has 0 spiro atoms. The van der Waals surface area contributed by atoms with Crippen LogP contribution in [0.4, 0.5) is 0 Å². The van der Waals surface area contributed by atoms with Crippen molar-refractivity contribution in [2.24, 2.45) is 4.99 Å². The number of ether oxygens (including phenoxy) is 3. The first-order valence-corrected chi connectivity index (χ1v) is 13.7. The van der Waals surface area contributed by atoms with Crippen LogP contribution in [0.3, 0.4) is 0 Å². The van der Waals surface area contributed by atoms with E-state index in [1.165, 1.54) is 18.9 Å². The predicted molar refractivity (Wildman–Crippen MR) is 147 cm³/mol. The summed E-state index contributed by atoms with van der Waals surface area (Å²) in [5, 5.41) is 5.67. The molecule has 5 rings (SSSR count). The van der Waals surface area contributed by atoms with Crippen molar-refractivity contribution < 1.29 is 23.8 Å². The molecule has 38 heavy (non-hydrogen) atoms. The lowest BCUT2D eigenvalue weighted by molar-refractivity contribution is -0.136. The fraction of sp³-hybridized carbons (Fsp3) is 0.345. The molecule has 2 aromatic carbocycles. The van der Waals surface area contributed by atoms with Crippen molar-refractivity contribution in [2.45, 2.75) is 44.8 Å². The lowest BCUT2D eigenvalue weighted by Crippen LogP contribution is -2.39. The fourth-order valence-corrected chi connectivity index (χ4v) is 5.80. The molecule has 1 saturated heterocycles. The molecule has 1 fully saturated rings. The molecule has 2 aromatic rings. The highest BCUT2D eigenvalue weighted by atomic mass is 32.2. The van der Waals surface area contributed by atoms with Crippen LogP contribution in [-0.4, -0.2) is 48.3 Å². The van der Waals surface area contributed by atoms with E-state index >= 15 is 0 Å². The summed E-state index contributed by atoms with van der Waals surface area (Å²) in [6, 6.07) is 16.7. The van der Waals surface area contributed by atoms with Gasteiger partial charge in [-0.2, -0.15) is 0 Å². The maximum Gasteiger partial charge on any atom is 0.338 e. The SMILES string of the molecule is CCC1=C(C(=O)OC)[C@H](c2cccc(Oc3ccccc3)c2)N2C(CC(=O)NC[C@H]3CCCO3)=CSC2=N1.